The fraction of sp³-hybridized carbons (Fsp3) is 0.500. The van der Waals surface area contributed by atoms with Crippen LogP contribution in [0.5, 0.6) is 0 Å². The summed E-state index contributed by atoms with van der Waals surface area (Å²) in [5, 5.41) is 17.9. The van der Waals surface area contributed by atoms with Crippen LogP contribution in [-0.2, 0) is 20.1 Å². The van der Waals surface area contributed by atoms with E-state index in [4.69, 9.17) is 0 Å². The lowest BCUT2D eigenvalue weighted by atomic mass is 10.2. The molecule has 7 nitrogen and oxygen atoms in total. The summed E-state index contributed by atoms with van der Waals surface area (Å²) in [6.07, 6.45) is 1.82. The molecule has 2 rings (SSSR count). The molecule has 0 aliphatic carbocycles. The molecule has 0 bridgehead atoms. The summed E-state index contributed by atoms with van der Waals surface area (Å²) in [5.41, 5.74) is 5.62. The maximum atomic E-state index is 4.42. The van der Waals surface area contributed by atoms with Crippen LogP contribution in [0.3, 0.4) is 0 Å². The molecule has 0 unspecified atom stereocenters. The van der Waals surface area contributed by atoms with Crippen LogP contribution in [0.2, 0.25) is 0 Å². The second kappa shape index (κ2) is 6.43. The van der Waals surface area contributed by atoms with E-state index in [1.807, 2.05) is 31.8 Å². The molecule has 114 valence electrons. The maximum Gasteiger partial charge on any atom is 0.191 e. The molecule has 2 heterocycles. The lowest BCUT2D eigenvalue weighted by Gasteiger charge is -2.12. The molecule has 0 atom stereocenters. The molecule has 0 spiro atoms. The fourth-order valence-electron chi connectivity index (χ4n) is 2.20. The Labute approximate surface area is 124 Å². The zero-order chi connectivity index (χ0) is 15.4. The third-order valence-electron chi connectivity index (χ3n) is 3.70. The van der Waals surface area contributed by atoms with Crippen LogP contribution in [0.1, 0.15) is 28.2 Å². The van der Waals surface area contributed by atoms with Gasteiger partial charge in [0.1, 0.15) is 0 Å². The predicted octanol–water partition coefficient (Wildman–Crippen LogP) is 0.934. The first-order valence-electron chi connectivity index (χ1n) is 6.95. The van der Waals surface area contributed by atoms with Gasteiger partial charge in [0.25, 0.3) is 0 Å². The molecule has 0 aliphatic heterocycles. The van der Waals surface area contributed by atoms with Crippen molar-refractivity contribution >= 4 is 5.96 Å². The molecule has 0 fully saturated rings. The summed E-state index contributed by atoms with van der Waals surface area (Å²) in [6, 6.07) is 0. The number of rotatable bonds is 4. The molecular weight excluding hydrogens is 266 g/mol. The van der Waals surface area contributed by atoms with Crippen LogP contribution in [0.15, 0.2) is 11.2 Å². The molecule has 0 radical (unpaired) electrons. The van der Waals surface area contributed by atoms with Crippen molar-refractivity contribution in [3.8, 4) is 0 Å². The number of guanidine groups is 1. The number of hydrogen-bond acceptors (Lipinski definition) is 3. The van der Waals surface area contributed by atoms with E-state index in [2.05, 4.69) is 37.8 Å². The van der Waals surface area contributed by atoms with Gasteiger partial charge in [-0.05, 0) is 20.8 Å². The summed E-state index contributed by atoms with van der Waals surface area (Å²) in [6.45, 7) is 7.49. The van der Waals surface area contributed by atoms with E-state index in [1.165, 1.54) is 11.3 Å². The van der Waals surface area contributed by atoms with E-state index in [0.717, 1.165) is 22.9 Å². The Morgan fingerprint density at radius 1 is 1.29 bits per heavy atom. The summed E-state index contributed by atoms with van der Waals surface area (Å²) in [7, 11) is 3.72. The minimum absolute atomic E-state index is 0.688. The number of H-pyrrole nitrogens is 1. The summed E-state index contributed by atoms with van der Waals surface area (Å²) >= 11 is 0. The van der Waals surface area contributed by atoms with E-state index >= 15 is 0 Å². The molecular formula is C14H23N7. The first-order valence-corrected chi connectivity index (χ1v) is 6.95. The van der Waals surface area contributed by atoms with Crippen LogP contribution in [0.4, 0.5) is 0 Å². The van der Waals surface area contributed by atoms with Crippen LogP contribution in [0, 0.1) is 20.8 Å². The largest absolute Gasteiger partial charge is 0.352 e. The Bertz CT molecular complexity index is 636. The average Bonchev–Trinajstić information content (AvgIpc) is 2.96. The van der Waals surface area contributed by atoms with Crippen LogP contribution < -0.4 is 10.6 Å². The van der Waals surface area contributed by atoms with Crippen molar-refractivity contribution < 1.29 is 0 Å². The number of aryl methyl sites for hydroxylation is 3. The first kappa shape index (κ1) is 15.1. The molecule has 0 aromatic carbocycles. The molecule has 7 heteroatoms. The Hall–Kier alpha value is -2.31. The molecule has 0 amide bonds. The number of aromatic nitrogens is 4. The molecule has 0 saturated carbocycles. The molecule has 21 heavy (non-hydrogen) atoms. The number of aliphatic imine (C=N–C) groups is 1. The second-order valence-electron chi connectivity index (χ2n) is 5.07. The Kier molecular flexibility index (Phi) is 4.62. The third-order valence-corrected chi connectivity index (χ3v) is 3.70. The van der Waals surface area contributed by atoms with Gasteiger partial charge in [-0.25, -0.2) is 0 Å². The highest BCUT2D eigenvalue weighted by Gasteiger charge is 2.10. The summed E-state index contributed by atoms with van der Waals surface area (Å²) in [4.78, 5) is 4.23. The molecule has 3 N–H and O–H groups in total. The first-order chi connectivity index (χ1) is 10.0. The zero-order valence-corrected chi connectivity index (χ0v) is 13.3. The van der Waals surface area contributed by atoms with E-state index in [0.29, 0.717) is 13.1 Å². The number of hydrogen-bond donors (Lipinski definition) is 3. The number of nitrogens with zero attached hydrogens (tertiary/aromatic N) is 4. The van der Waals surface area contributed by atoms with Gasteiger partial charge in [-0.2, -0.15) is 10.2 Å². The Balaban J connectivity index is 1.93. The number of nitrogens with one attached hydrogen (secondary N) is 3. The minimum Gasteiger partial charge on any atom is -0.352 e. The Morgan fingerprint density at radius 2 is 2.00 bits per heavy atom. The van der Waals surface area contributed by atoms with Crippen molar-refractivity contribution in [1.82, 2.24) is 30.6 Å². The highest BCUT2D eigenvalue weighted by molar-refractivity contribution is 5.79. The highest BCUT2D eigenvalue weighted by Crippen LogP contribution is 2.11. The van der Waals surface area contributed by atoms with E-state index < -0.39 is 0 Å². The van der Waals surface area contributed by atoms with Crippen LogP contribution in [0.25, 0.3) is 0 Å². The summed E-state index contributed by atoms with van der Waals surface area (Å²) < 4.78 is 1.90. The number of aromatic amines is 1. The van der Waals surface area contributed by atoms with Gasteiger partial charge in [0.2, 0.25) is 0 Å². The van der Waals surface area contributed by atoms with Gasteiger partial charge in [0, 0.05) is 49.7 Å². The standard InChI is InChI=1S/C14H23N7/c1-9-12(7-18-19-9)6-16-14(15-4)17-8-13-10(2)20-21(5)11(13)3/h7H,6,8H2,1-5H3,(H,18,19)(H2,15,16,17). The normalized spacial score (nSPS) is 11.8. The average molecular weight is 289 g/mol. The zero-order valence-electron chi connectivity index (χ0n) is 13.3. The van der Waals surface area contributed by atoms with Crippen LogP contribution in [-0.4, -0.2) is 33.0 Å². The smallest absolute Gasteiger partial charge is 0.191 e. The van der Waals surface area contributed by atoms with Gasteiger partial charge in [0.15, 0.2) is 5.96 Å². The van der Waals surface area contributed by atoms with Crippen LogP contribution >= 0.6 is 0 Å². The van der Waals surface area contributed by atoms with Crippen molar-refractivity contribution in [1.29, 1.82) is 0 Å². The lowest BCUT2D eigenvalue weighted by molar-refractivity contribution is 0.728. The van der Waals surface area contributed by atoms with Gasteiger partial charge < -0.3 is 10.6 Å². The van der Waals surface area contributed by atoms with E-state index in [9.17, 15) is 0 Å². The van der Waals surface area contributed by atoms with Crippen molar-refractivity contribution in [2.24, 2.45) is 12.0 Å². The van der Waals surface area contributed by atoms with Crippen molar-refractivity contribution in [2.45, 2.75) is 33.9 Å². The maximum absolute atomic E-state index is 4.42. The van der Waals surface area contributed by atoms with E-state index in [-0.39, 0.29) is 0 Å². The molecule has 2 aromatic rings. The van der Waals surface area contributed by atoms with Gasteiger partial charge in [-0.1, -0.05) is 0 Å². The predicted molar refractivity (Wildman–Crippen MR) is 83.0 cm³/mol. The molecule has 2 aromatic heterocycles. The van der Waals surface area contributed by atoms with Gasteiger partial charge >= 0.3 is 0 Å². The monoisotopic (exact) mass is 289 g/mol. The highest BCUT2D eigenvalue weighted by atomic mass is 15.3. The minimum atomic E-state index is 0.688. The topological polar surface area (TPSA) is 82.9 Å². The molecule has 0 saturated heterocycles. The van der Waals surface area contributed by atoms with Crippen molar-refractivity contribution in [2.75, 3.05) is 7.05 Å². The fourth-order valence-corrected chi connectivity index (χ4v) is 2.20. The quantitative estimate of drug-likeness (QED) is 0.578. The van der Waals surface area contributed by atoms with Gasteiger partial charge in [0.05, 0.1) is 11.9 Å². The van der Waals surface area contributed by atoms with Gasteiger partial charge in [-0.15, -0.1) is 0 Å². The van der Waals surface area contributed by atoms with Crippen molar-refractivity contribution in [3.63, 3.8) is 0 Å². The SMILES string of the molecule is CN=C(NCc1cn[nH]c1C)NCc1c(C)nn(C)c1C. The second-order valence-corrected chi connectivity index (χ2v) is 5.07. The van der Waals surface area contributed by atoms with Crippen molar-refractivity contribution in [3.05, 3.63) is 34.4 Å². The molecule has 0 aliphatic rings. The van der Waals surface area contributed by atoms with Gasteiger partial charge in [-0.3, -0.25) is 14.8 Å². The Morgan fingerprint density at radius 3 is 2.52 bits per heavy atom. The lowest BCUT2D eigenvalue weighted by Crippen LogP contribution is -2.36. The van der Waals surface area contributed by atoms with E-state index in [1.54, 1.807) is 7.05 Å². The summed E-state index contributed by atoms with van der Waals surface area (Å²) in [5.74, 6) is 0.762. The third kappa shape index (κ3) is 3.42.